The average molecular weight is 316 g/mol. The molecule has 2 heterocycles. The predicted octanol–water partition coefficient (Wildman–Crippen LogP) is 1.08. The fourth-order valence-corrected chi connectivity index (χ4v) is 3.75. The normalized spacial score (nSPS) is 20.2. The topological polar surface area (TPSA) is 91.1 Å². The molecule has 8 heteroatoms. The number of nitrogens with zero attached hydrogens (tertiary/aromatic N) is 2. The summed E-state index contributed by atoms with van der Waals surface area (Å²) < 4.78 is 30.9. The van der Waals surface area contributed by atoms with Crippen molar-refractivity contribution in [3.63, 3.8) is 0 Å². The first-order valence-electron chi connectivity index (χ1n) is 6.89. The molecule has 1 fully saturated rings. The van der Waals surface area contributed by atoms with Crippen molar-refractivity contribution in [2.45, 2.75) is 30.9 Å². The highest BCUT2D eigenvalue weighted by atomic mass is 32.2. The molecule has 1 aliphatic rings. The van der Waals surface area contributed by atoms with Gasteiger partial charge in [-0.25, -0.2) is 13.2 Å². The second-order valence-electron chi connectivity index (χ2n) is 5.13. The molecule has 0 amide bonds. The molecular formula is C13H20N2O5S. The smallest absolute Gasteiger partial charge is 0.371 e. The fourth-order valence-electron chi connectivity index (χ4n) is 2.64. The number of rotatable bonds is 6. The van der Waals surface area contributed by atoms with Gasteiger partial charge in [-0.3, -0.25) is 4.90 Å². The monoisotopic (exact) mass is 316 g/mol. The van der Waals surface area contributed by atoms with Crippen LogP contribution in [-0.2, 0) is 10.0 Å². The Bertz CT molecular complexity index is 610. The zero-order chi connectivity index (χ0) is 15.6. The van der Waals surface area contributed by atoms with Gasteiger partial charge in [0.25, 0.3) is 10.0 Å². The Morgan fingerprint density at radius 1 is 1.52 bits per heavy atom. The number of carboxylic acid groups (broad SMARTS) is 1. The molecule has 7 nitrogen and oxygen atoms in total. The molecule has 1 aromatic heterocycles. The van der Waals surface area contributed by atoms with E-state index < -0.39 is 16.0 Å². The maximum Gasteiger partial charge on any atom is 0.371 e. The first kappa shape index (κ1) is 16.0. The Balaban J connectivity index is 2.12. The fraction of sp³-hybridized carbons (Fsp3) is 0.615. The van der Waals surface area contributed by atoms with Crippen LogP contribution < -0.4 is 0 Å². The van der Waals surface area contributed by atoms with E-state index in [2.05, 4.69) is 11.8 Å². The van der Waals surface area contributed by atoms with Gasteiger partial charge >= 0.3 is 5.97 Å². The third kappa shape index (κ3) is 3.28. The summed E-state index contributed by atoms with van der Waals surface area (Å²) in [5.74, 6) is -1.66. The van der Waals surface area contributed by atoms with E-state index in [1.54, 1.807) is 0 Å². The Morgan fingerprint density at radius 3 is 2.81 bits per heavy atom. The molecule has 1 atom stereocenters. The van der Waals surface area contributed by atoms with Gasteiger partial charge in [0.15, 0.2) is 0 Å². The summed E-state index contributed by atoms with van der Waals surface area (Å²) in [6.45, 7) is 4.30. The summed E-state index contributed by atoms with van der Waals surface area (Å²) in [6.07, 6.45) is 2.03. The maximum absolute atomic E-state index is 12.4. The minimum Gasteiger partial charge on any atom is -0.475 e. The van der Waals surface area contributed by atoms with Crippen LogP contribution in [0.5, 0.6) is 0 Å². The number of carbonyl (C=O) groups is 1. The summed E-state index contributed by atoms with van der Waals surface area (Å²) in [5, 5.41) is 8.46. The van der Waals surface area contributed by atoms with Gasteiger partial charge in [0.2, 0.25) is 10.9 Å². The molecule has 0 aromatic carbocycles. The molecule has 0 radical (unpaired) electrons. The number of furan rings is 1. The van der Waals surface area contributed by atoms with E-state index in [9.17, 15) is 13.2 Å². The summed E-state index contributed by atoms with van der Waals surface area (Å²) in [6, 6.07) is 2.53. The number of likely N-dealkylation sites (N-methyl/N-ethyl adjacent to an activating group) is 2. The summed E-state index contributed by atoms with van der Waals surface area (Å²) in [5.41, 5.74) is 0. The molecule has 1 saturated heterocycles. The highest BCUT2D eigenvalue weighted by Gasteiger charge is 2.31. The lowest BCUT2D eigenvalue weighted by Gasteiger charge is -2.26. The van der Waals surface area contributed by atoms with Crippen molar-refractivity contribution in [1.29, 1.82) is 0 Å². The Morgan fingerprint density at radius 2 is 2.24 bits per heavy atom. The van der Waals surface area contributed by atoms with Crippen molar-refractivity contribution in [2.24, 2.45) is 0 Å². The van der Waals surface area contributed by atoms with Gasteiger partial charge in [-0.15, -0.1) is 0 Å². The van der Waals surface area contributed by atoms with Crippen molar-refractivity contribution < 1.29 is 22.7 Å². The Hall–Kier alpha value is -1.38. The Kier molecular flexibility index (Phi) is 4.70. The van der Waals surface area contributed by atoms with Crippen molar-refractivity contribution in [2.75, 3.05) is 26.7 Å². The molecule has 118 valence electrons. The van der Waals surface area contributed by atoms with Crippen LogP contribution in [0.25, 0.3) is 0 Å². The zero-order valence-electron chi connectivity index (χ0n) is 12.2. The molecule has 21 heavy (non-hydrogen) atoms. The summed E-state index contributed by atoms with van der Waals surface area (Å²) in [7, 11) is -2.30. The third-order valence-corrected chi connectivity index (χ3v) is 5.53. The van der Waals surface area contributed by atoms with Crippen LogP contribution in [0.1, 0.15) is 30.3 Å². The minimum absolute atomic E-state index is 0.198. The van der Waals surface area contributed by atoms with E-state index >= 15 is 0 Å². The molecule has 1 unspecified atom stereocenters. The number of likely N-dealkylation sites (tertiary alicyclic amines) is 1. The Labute approximate surface area is 124 Å². The van der Waals surface area contributed by atoms with E-state index in [1.165, 1.54) is 17.4 Å². The van der Waals surface area contributed by atoms with Crippen molar-refractivity contribution in [3.8, 4) is 0 Å². The number of sulfonamides is 1. The minimum atomic E-state index is -3.79. The second kappa shape index (κ2) is 6.17. The van der Waals surface area contributed by atoms with Crippen molar-refractivity contribution >= 4 is 16.0 Å². The van der Waals surface area contributed by atoms with E-state index in [4.69, 9.17) is 9.52 Å². The molecule has 1 N–H and O–H groups in total. The maximum atomic E-state index is 12.4. The molecule has 1 aliphatic heterocycles. The van der Waals surface area contributed by atoms with Gasteiger partial charge < -0.3 is 9.52 Å². The highest BCUT2D eigenvalue weighted by molar-refractivity contribution is 7.89. The number of carboxylic acids is 1. The number of aromatic carboxylic acids is 1. The number of hydrogen-bond donors (Lipinski definition) is 1. The van der Waals surface area contributed by atoms with Crippen LogP contribution in [0.2, 0.25) is 0 Å². The van der Waals surface area contributed by atoms with Crippen molar-refractivity contribution in [3.05, 3.63) is 17.9 Å². The molecule has 0 spiro atoms. The highest BCUT2D eigenvalue weighted by Crippen LogP contribution is 2.22. The van der Waals surface area contributed by atoms with E-state index in [-0.39, 0.29) is 16.9 Å². The van der Waals surface area contributed by atoms with Gasteiger partial charge in [0.05, 0.1) is 0 Å². The lowest BCUT2D eigenvalue weighted by molar-refractivity contribution is 0.0656. The van der Waals surface area contributed by atoms with Gasteiger partial charge in [0, 0.05) is 19.6 Å². The van der Waals surface area contributed by atoms with Crippen LogP contribution in [-0.4, -0.2) is 61.4 Å². The first-order chi connectivity index (χ1) is 9.86. The zero-order valence-corrected chi connectivity index (χ0v) is 13.0. The lowest BCUT2D eigenvalue weighted by Crippen LogP contribution is -2.41. The predicted molar refractivity (Wildman–Crippen MR) is 75.8 cm³/mol. The SMILES string of the molecule is CCN1CCCC1CN(C)S(=O)(=O)c1ccc(C(=O)O)o1. The third-order valence-electron chi connectivity index (χ3n) is 3.83. The van der Waals surface area contributed by atoms with E-state index in [1.807, 2.05) is 0 Å². The van der Waals surface area contributed by atoms with Crippen LogP contribution in [0.3, 0.4) is 0 Å². The molecule has 0 bridgehead atoms. The van der Waals surface area contributed by atoms with Gasteiger partial charge in [-0.2, -0.15) is 4.31 Å². The van der Waals surface area contributed by atoms with Crippen LogP contribution >= 0.6 is 0 Å². The second-order valence-corrected chi connectivity index (χ2v) is 7.11. The molecule has 2 rings (SSSR count). The molecular weight excluding hydrogens is 296 g/mol. The van der Waals surface area contributed by atoms with Crippen LogP contribution in [0, 0.1) is 0 Å². The number of hydrogen-bond acceptors (Lipinski definition) is 5. The lowest BCUT2D eigenvalue weighted by atomic mass is 10.2. The van der Waals surface area contributed by atoms with Crippen molar-refractivity contribution in [1.82, 2.24) is 9.21 Å². The summed E-state index contributed by atoms with van der Waals surface area (Å²) >= 11 is 0. The van der Waals surface area contributed by atoms with Gasteiger partial charge in [-0.1, -0.05) is 6.92 Å². The van der Waals surface area contributed by atoms with Crippen LogP contribution in [0.4, 0.5) is 0 Å². The van der Waals surface area contributed by atoms with E-state index in [0.717, 1.165) is 32.0 Å². The summed E-state index contributed by atoms with van der Waals surface area (Å²) in [4.78, 5) is 13.0. The van der Waals surface area contributed by atoms with E-state index in [0.29, 0.717) is 6.54 Å². The van der Waals surface area contributed by atoms with Gasteiger partial charge in [-0.05, 0) is 38.1 Å². The molecule has 0 aliphatic carbocycles. The first-order valence-corrected chi connectivity index (χ1v) is 8.33. The largest absolute Gasteiger partial charge is 0.475 e. The van der Waals surface area contributed by atoms with Gasteiger partial charge in [0.1, 0.15) is 0 Å². The molecule has 1 aromatic rings. The van der Waals surface area contributed by atoms with Crippen LogP contribution in [0.15, 0.2) is 21.6 Å². The molecule has 0 saturated carbocycles. The standard InChI is InChI=1S/C13H20N2O5S/c1-3-15-8-4-5-10(15)9-14(2)21(18,19)12-7-6-11(20-12)13(16)17/h6-7,10H,3-5,8-9H2,1-2H3,(H,16,17). The quantitative estimate of drug-likeness (QED) is 0.844. The average Bonchev–Trinajstić information content (AvgIpc) is 3.07.